The van der Waals surface area contributed by atoms with Gasteiger partial charge in [-0.2, -0.15) is 0 Å². The molecule has 2 aliphatic heterocycles. The summed E-state index contributed by atoms with van der Waals surface area (Å²) in [5.74, 6) is -0.198. The molecule has 21 heavy (non-hydrogen) atoms. The average Bonchev–Trinajstić information content (AvgIpc) is 3.03. The molecule has 0 saturated carbocycles. The van der Waals surface area contributed by atoms with Gasteiger partial charge >= 0.3 is 0 Å². The maximum atomic E-state index is 12.8. The summed E-state index contributed by atoms with van der Waals surface area (Å²) in [4.78, 5) is 27.2. The first-order valence-corrected chi connectivity index (χ1v) is 7.11. The molecule has 1 atom stereocenters. The van der Waals surface area contributed by atoms with E-state index in [4.69, 9.17) is 4.74 Å². The van der Waals surface area contributed by atoms with Gasteiger partial charge in [-0.1, -0.05) is 12.1 Å². The van der Waals surface area contributed by atoms with Crippen LogP contribution in [0, 0.1) is 0 Å². The number of benzene rings is 1. The largest absolute Gasteiger partial charge is 0.353 e. The Hall–Kier alpha value is -2.14. The number of ether oxygens (including phenoxy) is 1. The van der Waals surface area contributed by atoms with Gasteiger partial charge in [0.15, 0.2) is 5.72 Å². The lowest BCUT2D eigenvalue weighted by Gasteiger charge is -2.32. The molecule has 1 unspecified atom stereocenters. The Kier molecular flexibility index (Phi) is 2.37. The summed E-state index contributed by atoms with van der Waals surface area (Å²) in [6.07, 6.45) is 1.62. The van der Waals surface area contributed by atoms with Crippen molar-refractivity contribution in [2.45, 2.75) is 18.6 Å². The number of fused-ring (bicyclic) bond motifs is 4. The normalized spacial score (nSPS) is 23.7. The number of pyridine rings is 1. The van der Waals surface area contributed by atoms with E-state index in [9.17, 15) is 9.59 Å². The molecule has 1 fully saturated rings. The molecular weight excluding hydrogens is 268 g/mol. The molecule has 4 rings (SSSR count). The van der Waals surface area contributed by atoms with E-state index < -0.39 is 5.72 Å². The third-order valence-electron chi connectivity index (χ3n) is 4.81. The maximum absolute atomic E-state index is 12.8. The van der Waals surface area contributed by atoms with Crippen LogP contribution >= 0.6 is 0 Å². The van der Waals surface area contributed by atoms with Gasteiger partial charge in [0, 0.05) is 32.5 Å². The number of methoxy groups -OCH3 is 1. The standard InChI is InChI=1S/C16H16N2O3/c1-17-11-7-4-3-6-10(11)13(19)12-14(17)16(21-2)8-5-9-18(16)15(12)20/h3-4,6-7H,5,8-9H2,1-2H3. The van der Waals surface area contributed by atoms with Gasteiger partial charge in [-0.15, -0.1) is 0 Å². The van der Waals surface area contributed by atoms with Crippen LogP contribution in [0.25, 0.3) is 10.9 Å². The molecule has 2 aliphatic rings. The number of carbonyl (C=O) groups excluding carboxylic acids is 1. The summed E-state index contributed by atoms with van der Waals surface area (Å²) in [5, 5.41) is 0.583. The van der Waals surface area contributed by atoms with Crippen molar-refractivity contribution in [2.75, 3.05) is 13.7 Å². The number of carbonyl (C=O) groups is 1. The quantitative estimate of drug-likeness (QED) is 0.799. The fraction of sp³-hybridized carbons (Fsp3) is 0.375. The van der Waals surface area contributed by atoms with E-state index >= 15 is 0 Å². The smallest absolute Gasteiger partial charge is 0.262 e. The predicted molar refractivity (Wildman–Crippen MR) is 78.1 cm³/mol. The Morgan fingerprint density at radius 3 is 2.76 bits per heavy atom. The number of para-hydroxylation sites is 1. The van der Waals surface area contributed by atoms with Crippen LogP contribution in [0.3, 0.4) is 0 Å². The first-order chi connectivity index (χ1) is 10.1. The van der Waals surface area contributed by atoms with Crippen molar-refractivity contribution in [3.05, 3.63) is 45.7 Å². The Labute approximate surface area is 121 Å². The van der Waals surface area contributed by atoms with Crippen molar-refractivity contribution in [1.82, 2.24) is 9.47 Å². The fourth-order valence-electron chi connectivity index (χ4n) is 3.89. The van der Waals surface area contributed by atoms with Crippen molar-refractivity contribution in [3.63, 3.8) is 0 Å². The second-order valence-corrected chi connectivity index (χ2v) is 5.68. The zero-order valence-corrected chi connectivity index (χ0v) is 12.0. The molecule has 0 N–H and O–H groups in total. The van der Waals surface area contributed by atoms with E-state index in [0.717, 1.165) is 18.4 Å². The molecule has 1 amide bonds. The Morgan fingerprint density at radius 2 is 2.00 bits per heavy atom. The van der Waals surface area contributed by atoms with Gasteiger partial charge in [-0.05, 0) is 18.6 Å². The first kappa shape index (κ1) is 12.6. The molecule has 1 saturated heterocycles. The molecule has 108 valence electrons. The van der Waals surface area contributed by atoms with Gasteiger partial charge in [0.05, 0.1) is 11.2 Å². The molecule has 2 aromatic rings. The minimum absolute atomic E-state index is 0.186. The Bertz CT molecular complexity index is 839. The topological polar surface area (TPSA) is 51.5 Å². The number of amides is 1. The summed E-state index contributed by atoms with van der Waals surface area (Å²) in [5.41, 5.74) is 0.854. The van der Waals surface area contributed by atoms with Crippen molar-refractivity contribution in [1.29, 1.82) is 0 Å². The van der Waals surface area contributed by atoms with Crippen LogP contribution in [-0.2, 0) is 17.5 Å². The number of nitrogens with zero attached hydrogens (tertiary/aromatic N) is 2. The van der Waals surface area contributed by atoms with E-state index in [0.29, 0.717) is 17.6 Å². The molecule has 0 aliphatic carbocycles. The van der Waals surface area contributed by atoms with E-state index in [2.05, 4.69) is 0 Å². The highest BCUT2D eigenvalue weighted by atomic mass is 16.5. The summed E-state index contributed by atoms with van der Waals surface area (Å²) >= 11 is 0. The van der Waals surface area contributed by atoms with E-state index in [1.165, 1.54) is 0 Å². The zero-order chi connectivity index (χ0) is 14.8. The minimum Gasteiger partial charge on any atom is -0.353 e. The summed E-state index contributed by atoms with van der Waals surface area (Å²) < 4.78 is 7.69. The third-order valence-corrected chi connectivity index (χ3v) is 4.81. The highest BCUT2D eigenvalue weighted by Gasteiger charge is 2.55. The van der Waals surface area contributed by atoms with Crippen molar-refractivity contribution >= 4 is 16.8 Å². The highest BCUT2D eigenvalue weighted by molar-refractivity contribution is 6.02. The second-order valence-electron chi connectivity index (χ2n) is 5.68. The van der Waals surface area contributed by atoms with E-state index in [1.54, 1.807) is 18.1 Å². The number of hydrogen-bond acceptors (Lipinski definition) is 3. The summed E-state index contributed by atoms with van der Waals surface area (Å²) in [7, 11) is 3.51. The predicted octanol–water partition coefficient (Wildman–Crippen LogP) is 1.59. The van der Waals surface area contributed by atoms with Crippen LogP contribution in [0.4, 0.5) is 0 Å². The van der Waals surface area contributed by atoms with Gasteiger partial charge < -0.3 is 14.2 Å². The number of rotatable bonds is 1. The van der Waals surface area contributed by atoms with Crippen LogP contribution in [0.15, 0.2) is 29.1 Å². The summed E-state index contributed by atoms with van der Waals surface area (Å²) in [6.45, 7) is 0.636. The molecule has 0 bridgehead atoms. The fourth-order valence-corrected chi connectivity index (χ4v) is 3.89. The van der Waals surface area contributed by atoms with Gasteiger partial charge in [0.25, 0.3) is 5.91 Å². The summed E-state index contributed by atoms with van der Waals surface area (Å²) in [6, 6.07) is 7.40. The average molecular weight is 284 g/mol. The zero-order valence-electron chi connectivity index (χ0n) is 12.0. The number of hydrogen-bond donors (Lipinski definition) is 0. The molecule has 0 spiro atoms. The number of aromatic nitrogens is 1. The molecule has 1 aromatic carbocycles. The molecule has 1 aromatic heterocycles. The third kappa shape index (κ3) is 1.30. The van der Waals surface area contributed by atoms with Crippen LogP contribution < -0.4 is 5.43 Å². The first-order valence-electron chi connectivity index (χ1n) is 7.11. The van der Waals surface area contributed by atoms with Crippen LogP contribution in [0.5, 0.6) is 0 Å². The SMILES string of the molecule is COC12CCCN1C(=O)c1c2n(C)c2ccccc2c1=O. The van der Waals surface area contributed by atoms with E-state index in [1.807, 2.05) is 29.8 Å². The minimum atomic E-state index is -0.773. The molecule has 5 heteroatoms. The van der Waals surface area contributed by atoms with Crippen molar-refractivity contribution in [3.8, 4) is 0 Å². The van der Waals surface area contributed by atoms with Gasteiger partial charge in [-0.3, -0.25) is 9.59 Å². The molecule has 3 heterocycles. The van der Waals surface area contributed by atoms with Crippen LogP contribution in [-0.4, -0.2) is 29.0 Å². The highest BCUT2D eigenvalue weighted by Crippen LogP contribution is 2.46. The van der Waals surface area contributed by atoms with Crippen molar-refractivity contribution in [2.24, 2.45) is 7.05 Å². The lowest BCUT2D eigenvalue weighted by atomic mass is 10.0. The lowest BCUT2D eigenvalue weighted by Crippen LogP contribution is -2.41. The van der Waals surface area contributed by atoms with Crippen LogP contribution in [0.1, 0.15) is 28.9 Å². The van der Waals surface area contributed by atoms with Crippen molar-refractivity contribution < 1.29 is 9.53 Å². The molecular formula is C16H16N2O3. The monoisotopic (exact) mass is 284 g/mol. The Balaban J connectivity index is 2.20. The van der Waals surface area contributed by atoms with E-state index in [-0.39, 0.29) is 16.9 Å². The lowest BCUT2D eigenvalue weighted by molar-refractivity contribution is -0.0961. The Morgan fingerprint density at radius 1 is 1.24 bits per heavy atom. The van der Waals surface area contributed by atoms with Gasteiger partial charge in [0.2, 0.25) is 5.43 Å². The second kappa shape index (κ2) is 3.95. The maximum Gasteiger partial charge on any atom is 0.262 e. The molecule has 5 nitrogen and oxygen atoms in total. The molecule has 0 radical (unpaired) electrons. The number of aryl methyl sites for hydroxylation is 1. The van der Waals surface area contributed by atoms with Gasteiger partial charge in [0.1, 0.15) is 5.56 Å². The van der Waals surface area contributed by atoms with Crippen LogP contribution in [0.2, 0.25) is 0 Å². The van der Waals surface area contributed by atoms with Gasteiger partial charge in [-0.25, -0.2) is 0 Å².